The van der Waals surface area contributed by atoms with E-state index < -0.39 is 0 Å². The number of rotatable bonds is 10. The SMILES string of the molecule is CCCCCN(C)Cc1ccc(C(C)CNC2CC2)cc1. The first-order chi connectivity index (χ1) is 10.2. The first-order valence-corrected chi connectivity index (χ1v) is 8.69. The second-order valence-electron chi connectivity index (χ2n) is 6.77. The van der Waals surface area contributed by atoms with Gasteiger partial charge in [0.1, 0.15) is 0 Å². The number of hydrogen-bond acceptors (Lipinski definition) is 2. The lowest BCUT2D eigenvalue weighted by Crippen LogP contribution is -2.22. The molecule has 118 valence electrons. The highest BCUT2D eigenvalue weighted by Crippen LogP contribution is 2.21. The molecule has 0 heterocycles. The van der Waals surface area contributed by atoms with Crippen LogP contribution in [0.1, 0.15) is 63.0 Å². The van der Waals surface area contributed by atoms with Crippen molar-refractivity contribution in [3.05, 3.63) is 35.4 Å². The fraction of sp³-hybridized carbons (Fsp3) is 0.684. The number of benzene rings is 1. The van der Waals surface area contributed by atoms with Gasteiger partial charge in [-0.15, -0.1) is 0 Å². The van der Waals surface area contributed by atoms with Crippen molar-refractivity contribution < 1.29 is 0 Å². The van der Waals surface area contributed by atoms with Gasteiger partial charge >= 0.3 is 0 Å². The second kappa shape index (κ2) is 8.55. The highest BCUT2D eigenvalue weighted by molar-refractivity contribution is 5.25. The van der Waals surface area contributed by atoms with E-state index in [2.05, 4.69) is 55.4 Å². The Hall–Kier alpha value is -0.860. The summed E-state index contributed by atoms with van der Waals surface area (Å²) < 4.78 is 0. The van der Waals surface area contributed by atoms with E-state index in [-0.39, 0.29) is 0 Å². The molecule has 1 fully saturated rings. The first-order valence-electron chi connectivity index (χ1n) is 8.69. The zero-order valence-electron chi connectivity index (χ0n) is 14.1. The van der Waals surface area contributed by atoms with Gasteiger partial charge in [0.15, 0.2) is 0 Å². The summed E-state index contributed by atoms with van der Waals surface area (Å²) in [7, 11) is 2.23. The predicted octanol–water partition coefficient (Wildman–Crippen LogP) is 4.16. The molecule has 0 spiro atoms. The van der Waals surface area contributed by atoms with Crippen molar-refractivity contribution in [2.75, 3.05) is 20.1 Å². The molecule has 0 saturated heterocycles. The third-order valence-electron chi connectivity index (χ3n) is 4.43. The molecule has 0 radical (unpaired) electrons. The van der Waals surface area contributed by atoms with Crippen molar-refractivity contribution >= 4 is 0 Å². The minimum Gasteiger partial charge on any atom is -0.313 e. The Bertz CT molecular complexity index is 395. The van der Waals surface area contributed by atoms with Crippen molar-refractivity contribution in [3.8, 4) is 0 Å². The average molecular weight is 288 g/mol. The number of unbranched alkanes of at least 4 members (excludes halogenated alkanes) is 2. The van der Waals surface area contributed by atoms with Crippen LogP contribution < -0.4 is 5.32 Å². The lowest BCUT2D eigenvalue weighted by atomic mass is 9.99. The van der Waals surface area contributed by atoms with Crippen LogP contribution in [0.25, 0.3) is 0 Å². The van der Waals surface area contributed by atoms with Crippen molar-refractivity contribution in [2.45, 2.75) is 64.5 Å². The molecule has 1 unspecified atom stereocenters. The van der Waals surface area contributed by atoms with E-state index in [4.69, 9.17) is 0 Å². The Morgan fingerprint density at radius 3 is 2.52 bits per heavy atom. The maximum atomic E-state index is 3.62. The van der Waals surface area contributed by atoms with E-state index in [9.17, 15) is 0 Å². The summed E-state index contributed by atoms with van der Waals surface area (Å²) in [4.78, 5) is 2.43. The lowest BCUT2D eigenvalue weighted by Gasteiger charge is -2.17. The van der Waals surface area contributed by atoms with Gasteiger partial charge in [-0.05, 0) is 49.9 Å². The summed E-state index contributed by atoms with van der Waals surface area (Å²) in [6.45, 7) is 7.97. The van der Waals surface area contributed by atoms with Crippen molar-refractivity contribution in [3.63, 3.8) is 0 Å². The molecular weight excluding hydrogens is 256 g/mol. The van der Waals surface area contributed by atoms with E-state index in [1.165, 1.54) is 49.8 Å². The maximum absolute atomic E-state index is 3.62. The molecule has 1 aliphatic rings. The topological polar surface area (TPSA) is 15.3 Å². The van der Waals surface area contributed by atoms with Gasteiger partial charge in [0.05, 0.1) is 0 Å². The van der Waals surface area contributed by atoms with Gasteiger partial charge in [0, 0.05) is 19.1 Å². The highest BCUT2D eigenvalue weighted by atomic mass is 15.1. The monoisotopic (exact) mass is 288 g/mol. The van der Waals surface area contributed by atoms with Crippen LogP contribution in [0.15, 0.2) is 24.3 Å². The van der Waals surface area contributed by atoms with E-state index >= 15 is 0 Å². The van der Waals surface area contributed by atoms with Crippen LogP contribution in [0.4, 0.5) is 0 Å². The van der Waals surface area contributed by atoms with Gasteiger partial charge in [0.2, 0.25) is 0 Å². The fourth-order valence-corrected chi connectivity index (χ4v) is 2.72. The van der Waals surface area contributed by atoms with E-state index in [0.717, 1.165) is 19.1 Å². The van der Waals surface area contributed by atoms with Crippen LogP contribution in [-0.4, -0.2) is 31.1 Å². The van der Waals surface area contributed by atoms with E-state index in [1.54, 1.807) is 0 Å². The zero-order chi connectivity index (χ0) is 15.1. The first kappa shape index (κ1) is 16.5. The average Bonchev–Trinajstić information content (AvgIpc) is 3.30. The third-order valence-corrected chi connectivity index (χ3v) is 4.43. The summed E-state index contributed by atoms with van der Waals surface area (Å²) in [6.07, 6.45) is 6.70. The molecule has 0 aliphatic heterocycles. The summed E-state index contributed by atoms with van der Waals surface area (Å²) in [5, 5.41) is 3.62. The van der Waals surface area contributed by atoms with Crippen LogP contribution >= 0.6 is 0 Å². The minimum absolute atomic E-state index is 0.613. The van der Waals surface area contributed by atoms with Crippen LogP contribution in [0.5, 0.6) is 0 Å². The predicted molar refractivity (Wildman–Crippen MR) is 91.7 cm³/mol. The van der Waals surface area contributed by atoms with Gasteiger partial charge in [-0.2, -0.15) is 0 Å². The van der Waals surface area contributed by atoms with Gasteiger partial charge in [-0.3, -0.25) is 0 Å². The van der Waals surface area contributed by atoms with Crippen molar-refractivity contribution in [2.24, 2.45) is 0 Å². The Balaban J connectivity index is 1.74. The molecule has 2 nitrogen and oxygen atoms in total. The number of hydrogen-bond donors (Lipinski definition) is 1. The summed E-state index contributed by atoms with van der Waals surface area (Å²) in [6, 6.07) is 10.0. The van der Waals surface area contributed by atoms with Crippen molar-refractivity contribution in [1.82, 2.24) is 10.2 Å². The lowest BCUT2D eigenvalue weighted by molar-refractivity contribution is 0.318. The van der Waals surface area contributed by atoms with Crippen LogP contribution in [0, 0.1) is 0 Å². The maximum Gasteiger partial charge on any atom is 0.0230 e. The summed E-state index contributed by atoms with van der Waals surface area (Å²) >= 11 is 0. The molecule has 2 heteroatoms. The standard InChI is InChI=1S/C19H32N2/c1-4-5-6-13-21(3)15-17-7-9-18(10-8-17)16(2)14-20-19-11-12-19/h7-10,16,19-20H,4-6,11-15H2,1-3H3. The van der Waals surface area contributed by atoms with Crippen molar-refractivity contribution in [1.29, 1.82) is 0 Å². The van der Waals surface area contributed by atoms with Gasteiger partial charge in [-0.25, -0.2) is 0 Å². The quantitative estimate of drug-likeness (QED) is 0.650. The van der Waals surface area contributed by atoms with Gasteiger partial charge < -0.3 is 10.2 Å². The third kappa shape index (κ3) is 6.19. The Morgan fingerprint density at radius 1 is 1.19 bits per heavy atom. The molecular formula is C19H32N2. The van der Waals surface area contributed by atoms with E-state index in [1.807, 2.05) is 0 Å². The Kier molecular flexibility index (Phi) is 6.72. The minimum atomic E-state index is 0.613. The Labute approximate surface area is 130 Å². The molecule has 0 amide bonds. The largest absolute Gasteiger partial charge is 0.313 e. The molecule has 1 aliphatic carbocycles. The summed E-state index contributed by atoms with van der Waals surface area (Å²) in [5.74, 6) is 0.613. The number of nitrogens with zero attached hydrogens (tertiary/aromatic N) is 1. The summed E-state index contributed by atoms with van der Waals surface area (Å²) in [5.41, 5.74) is 2.89. The molecule has 1 aromatic carbocycles. The molecule has 1 saturated carbocycles. The highest BCUT2D eigenvalue weighted by Gasteiger charge is 2.21. The normalized spacial score (nSPS) is 16.4. The van der Waals surface area contributed by atoms with Crippen LogP contribution in [-0.2, 0) is 6.54 Å². The van der Waals surface area contributed by atoms with Gasteiger partial charge in [0.25, 0.3) is 0 Å². The van der Waals surface area contributed by atoms with Gasteiger partial charge in [-0.1, -0.05) is 51.0 Å². The second-order valence-corrected chi connectivity index (χ2v) is 6.77. The van der Waals surface area contributed by atoms with Crippen LogP contribution in [0.2, 0.25) is 0 Å². The molecule has 0 aromatic heterocycles. The Morgan fingerprint density at radius 2 is 1.90 bits per heavy atom. The smallest absolute Gasteiger partial charge is 0.0230 e. The molecule has 2 rings (SSSR count). The molecule has 1 atom stereocenters. The molecule has 0 bridgehead atoms. The van der Waals surface area contributed by atoms with E-state index in [0.29, 0.717) is 5.92 Å². The fourth-order valence-electron chi connectivity index (χ4n) is 2.72. The zero-order valence-corrected chi connectivity index (χ0v) is 14.1. The number of nitrogens with one attached hydrogen (secondary N) is 1. The molecule has 1 aromatic rings. The van der Waals surface area contributed by atoms with Crippen LogP contribution in [0.3, 0.4) is 0 Å². The molecule has 21 heavy (non-hydrogen) atoms. The molecule has 1 N–H and O–H groups in total.